The predicted octanol–water partition coefficient (Wildman–Crippen LogP) is 3.94. The van der Waals surface area contributed by atoms with Crippen molar-refractivity contribution >= 4 is 23.8 Å². The Morgan fingerprint density at radius 2 is 1.48 bits per heavy atom. The lowest BCUT2D eigenvalue weighted by Gasteiger charge is -2.31. The zero-order chi connectivity index (χ0) is 34.4. The molecule has 2 aliphatic rings. The number of carbonyl (C=O) groups is 4. The second-order valence-electron chi connectivity index (χ2n) is 13.3. The van der Waals surface area contributed by atoms with Gasteiger partial charge in [-0.15, -0.1) is 0 Å². The number of nitrogens with one attached hydrogen (secondary N) is 3. The molecule has 1 fully saturated rings. The van der Waals surface area contributed by atoms with Crippen LogP contribution < -0.4 is 16.0 Å². The largest absolute Gasteiger partial charge is 0.449 e. The van der Waals surface area contributed by atoms with Crippen LogP contribution in [0.4, 0.5) is 4.79 Å². The smallest absolute Gasteiger partial charge is 0.407 e. The quantitative estimate of drug-likeness (QED) is 0.273. The second kappa shape index (κ2) is 15.5. The number of hydrogen-bond donors (Lipinski definition) is 3. The average molecular weight is 654 g/mol. The van der Waals surface area contributed by atoms with Gasteiger partial charge in [0, 0.05) is 19.0 Å². The third kappa shape index (κ3) is 7.87. The Morgan fingerprint density at radius 1 is 0.875 bits per heavy atom. The Morgan fingerprint density at radius 3 is 2.08 bits per heavy atom. The molecule has 0 unspecified atom stereocenters. The molecule has 0 radical (unpaired) electrons. The van der Waals surface area contributed by atoms with Gasteiger partial charge in [-0.1, -0.05) is 92.7 Å². The van der Waals surface area contributed by atoms with E-state index in [2.05, 4.69) is 40.2 Å². The molecule has 4 amide bonds. The van der Waals surface area contributed by atoms with Crippen molar-refractivity contribution in [1.82, 2.24) is 25.8 Å². The van der Waals surface area contributed by atoms with Crippen LogP contribution in [0.3, 0.4) is 0 Å². The predicted molar refractivity (Wildman–Crippen MR) is 185 cm³/mol. The van der Waals surface area contributed by atoms with Crippen LogP contribution in [-0.2, 0) is 25.5 Å². The number of nitrogens with zero attached hydrogens (tertiary/aromatic N) is 2. The van der Waals surface area contributed by atoms with Gasteiger partial charge in [0.15, 0.2) is 0 Å². The number of benzene rings is 3. The molecule has 5 rings (SSSR count). The maximum Gasteiger partial charge on any atom is 0.407 e. The molecule has 1 saturated heterocycles. The SMILES string of the molecule is CC(C)[C@H](NC(=O)[C@H](C)N(C)C)C(=O)N1C[C@@H](NC(=O)OCC2c3ccccc3-c3ccccc32)C[C@H]1C(=O)NCCc1ccccc1. The third-order valence-electron chi connectivity index (χ3n) is 9.49. The summed E-state index contributed by atoms with van der Waals surface area (Å²) in [6.45, 7) is 6.16. The molecular formula is C38H47N5O5. The Kier molecular flexibility index (Phi) is 11.2. The number of carbonyl (C=O) groups excluding carboxylic acids is 4. The Bertz CT molecular complexity index is 1560. The summed E-state index contributed by atoms with van der Waals surface area (Å²) in [4.78, 5) is 57.1. The van der Waals surface area contributed by atoms with E-state index in [1.54, 1.807) is 25.9 Å². The first-order valence-corrected chi connectivity index (χ1v) is 16.8. The maximum absolute atomic E-state index is 14.1. The minimum Gasteiger partial charge on any atom is -0.449 e. The summed E-state index contributed by atoms with van der Waals surface area (Å²) in [7, 11) is 3.60. The minimum absolute atomic E-state index is 0.0899. The lowest BCUT2D eigenvalue weighted by molar-refractivity contribution is -0.143. The molecule has 1 aliphatic carbocycles. The van der Waals surface area contributed by atoms with Crippen molar-refractivity contribution in [3.8, 4) is 11.1 Å². The molecule has 48 heavy (non-hydrogen) atoms. The molecule has 0 saturated carbocycles. The molecule has 0 aromatic heterocycles. The minimum atomic E-state index is -0.840. The second-order valence-corrected chi connectivity index (χ2v) is 13.3. The fourth-order valence-corrected chi connectivity index (χ4v) is 6.53. The van der Waals surface area contributed by atoms with Crippen LogP contribution in [0.2, 0.25) is 0 Å². The molecule has 10 nitrogen and oxygen atoms in total. The zero-order valence-electron chi connectivity index (χ0n) is 28.4. The molecule has 3 aromatic carbocycles. The summed E-state index contributed by atoms with van der Waals surface area (Å²) in [6.07, 6.45) is 0.259. The summed E-state index contributed by atoms with van der Waals surface area (Å²) in [5.74, 6) is -1.25. The van der Waals surface area contributed by atoms with Crippen LogP contribution in [0.15, 0.2) is 78.9 Å². The van der Waals surface area contributed by atoms with E-state index in [1.165, 1.54) is 4.90 Å². The van der Waals surface area contributed by atoms with Gasteiger partial charge in [-0.25, -0.2) is 4.79 Å². The lowest BCUT2D eigenvalue weighted by atomic mass is 9.98. The third-order valence-corrected chi connectivity index (χ3v) is 9.49. The number of alkyl carbamates (subject to hydrolysis) is 1. The fraction of sp³-hybridized carbons (Fsp3) is 0.421. The summed E-state index contributed by atoms with van der Waals surface area (Å²) in [5.41, 5.74) is 5.59. The number of fused-ring (bicyclic) bond motifs is 3. The van der Waals surface area contributed by atoms with Gasteiger partial charge in [0.2, 0.25) is 17.7 Å². The van der Waals surface area contributed by atoms with E-state index in [1.807, 2.05) is 68.4 Å². The van der Waals surface area contributed by atoms with Crippen molar-refractivity contribution in [1.29, 1.82) is 0 Å². The molecule has 0 spiro atoms. The van der Waals surface area contributed by atoms with Crippen LogP contribution in [0.5, 0.6) is 0 Å². The standard InChI is InChI=1S/C38H47N5O5/c1-24(2)34(41-35(44)25(3)42(4)5)37(46)43-22-27(21-33(43)36(45)39-20-19-26-13-7-6-8-14-26)40-38(47)48-23-32-30-17-11-9-15-28(30)29-16-10-12-18-31(29)32/h6-18,24-25,27,32-34H,19-23H2,1-5H3,(H,39,45)(H,40,47)(H,41,44)/t25-,27-,33-,34-/m0/s1. The highest BCUT2D eigenvalue weighted by Gasteiger charge is 2.43. The van der Waals surface area contributed by atoms with Gasteiger partial charge in [-0.3, -0.25) is 19.3 Å². The number of hydrogen-bond acceptors (Lipinski definition) is 6. The molecule has 4 atom stereocenters. The van der Waals surface area contributed by atoms with Crippen molar-refractivity contribution in [2.24, 2.45) is 5.92 Å². The number of amides is 4. The van der Waals surface area contributed by atoms with E-state index in [4.69, 9.17) is 4.74 Å². The van der Waals surface area contributed by atoms with Gasteiger partial charge in [0.25, 0.3) is 0 Å². The van der Waals surface area contributed by atoms with Crippen molar-refractivity contribution in [2.45, 2.75) is 63.7 Å². The first-order valence-electron chi connectivity index (χ1n) is 16.8. The molecule has 1 heterocycles. The van der Waals surface area contributed by atoms with Gasteiger partial charge < -0.3 is 25.6 Å². The van der Waals surface area contributed by atoms with Gasteiger partial charge in [0.1, 0.15) is 18.7 Å². The summed E-state index contributed by atoms with van der Waals surface area (Å²) >= 11 is 0. The summed E-state index contributed by atoms with van der Waals surface area (Å²) < 4.78 is 5.78. The highest BCUT2D eigenvalue weighted by atomic mass is 16.5. The van der Waals surface area contributed by atoms with E-state index in [0.29, 0.717) is 13.0 Å². The van der Waals surface area contributed by atoms with Gasteiger partial charge in [0.05, 0.1) is 12.1 Å². The van der Waals surface area contributed by atoms with E-state index >= 15 is 0 Å². The van der Waals surface area contributed by atoms with E-state index in [9.17, 15) is 19.2 Å². The molecule has 10 heteroatoms. The number of ether oxygens (including phenoxy) is 1. The van der Waals surface area contributed by atoms with Gasteiger partial charge in [-0.05, 0) is 67.6 Å². The van der Waals surface area contributed by atoms with Crippen LogP contribution in [0.25, 0.3) is 11.1 Å². The fourth-order valence-electron chi connectivity index (χ4n) is 6.53. The normalized spacial score (nSPS) is 18.2. The van der Waals surface area contributed by atoms with Crippen LogP contribution in [0, 0.1) is 5.92 Å². The molecule has 0 bridgehead atoms. The van der Waals surface area contributed by atoms with Gasteiger partial charge in [-0.2, -0.15) is 0 Å². The monoisotopic (exact) mass is 653 g/mol. The first kappa shape index (κ1) is 34.6. The van der Waals surface area contributed by atoms with E-state index < -0.39 is 30.3 Å². The summed E-state index contributed by atoms with van der Waals surface area (Å²) in [5, 5.41) is 8.81. The van der Waals surface area contributed by atoms with Crippen molar-refractivity contribution < 1.29 is 23.9 Å². The van der Waals surface area contributed by atoms with Crippen molar-refractivity contribution in [3.63, 3.8) is 0 Å². The Labute approximate surface area is 283 Å². The van der Waals surface area contributed by atoms with Crippen molar-refractivity contribution in [3.05, 3.63) is 95.6 Å². The Balaban J connectivity index is 1.27. The lowest BCUT2D eigenvalue weighted by Crippen LogP contribution is -2.57. The number of likely N-dealkylation sites (tertiary alicyclic amines) is 1. The average Bonchev–Trinajstić information content (AvgIpc) is 3.65. The highest BCUT2D eigenvalue weighted by Crippen LogP contribution is 2.44. The van der Waals surface area contributed by atoms with E-state index in [0.717, 1.165) is 27.8 Å². The van der Waals surface area contributed by atoms with Crippen LogP contribution >= 0.6 is 0 Å². The first-order chi connectivity index (χ1) is 23.0. The summed E-state index contributed by atoms with van der Waals surface area (Å²) in [6, 6.07) is 23.5. The van der Waals surface area contributed by atoms with Crippen LogP contribution in [-0.4, -0.2) is 91.6 Å². The van der Waals surface area contributed by atoms with Crippen LogP contribution in [0.1, 0.15) is 49.8 Å². The Hall–Kier alpha value is -4.70. The van der Waals surface area contributed by atoms with Crippen molar-refractivity contribution in [2.75, 3.05) is 33.8 Å². The molecular weight excluding hydrogens is 606 g/mol. The number of likely N-dealkylation sites (N-methyl/N-ethyl adjacent to an activating group) is 1. The van der Waals surface area contributed by atoms with E-state index in [-0.39, 0.29) is 49.1 Å². The van der Waals surface area contributed by atoms with Gasteiger partial charge >= 0.3 is 6.09 Å². The molecule has 3 aromatic rings. The molecule has 3 N–H and O–H groups in total. The topological polar surface area (TPSA) is 120 Å². The number of rotatable bonds is 12. The molecule has 1 aliphatic heterocycles. The maximum atomic E-state index is 14.1. The molecule has 254 valence electrons. The zero-order valence-corrected chi connectivity index (χ0v) is 28.4. The highest BCUT2D eigenvalue weighted by molar-refractivity contribution is 5.94.